The van der Waals surface area contributed by atoms with E-state index in [1.807, 2.05) is 30.3 Å². The highest BCUT2D eigenvalue weighted by atomic mass is 35.5. The van der Waals surface area contributed by atoms with Crippen molar-refractivity contribution in [2.45, 2.75) is 13.5 Å². The minimum absolute atomic E-state index is 0.298. The Balaban J connectivity index is 1.79. The van der Waals surface area contributed by atoms with Gasteiger partial charge in [0.05, 0.1) is 10.2 Å². The summed E-state index contributed by atoms with van der Waals surface area (Å²) in [6, 6.07) is 19.9. The van der Waals surface area contributed by atoms with Gasteiger partial charge in [0.1, 0.15) is 0 Å². The van der Waals surface area contributed by atoms with E-state index in [2.05, 4.69) is 40.7 Å². The van der Waals surface area contributed by atoms with Crippen molar-refractivity contribution in [3.63, 3.8) is 0 Å². The van der Waals surface area contributed by atoms with Gasteiger partial charge in [-0.3, -0.25) is 4.79 Å². The zero-order valence-corrected chi connectivity index (χ0v) is 16.3. The summed E-state index contributed by atoms with van der Waals surface area (Å²) in [5, 5.41) is 2.98. The number of benzene rings is 3. The molecule has 1 aromatic heterocycles. The van der Waals surface area contributed by atoms with Gasteiger partial charge in [0.25, 0.3) is 5.91 Å². The van der Waals surface area contributed by atoms with Crippen molar-refractivity contribution in [3.8, 4) is 0 Å². The van der Waals surface area contributed by atoms with E-state index >= 15 is 0 Å². The van der Waals surface area contributed by atoms with Crippen molar-refractivity contribution in [1.29, 1.82) is 0 Å². The standard InChI is InChI=1S/C22H17ClN2OS/c1-2-25-19-13-11-15-7-3-5-9-17(15)21(19)27-22(25)24-20(26)14-12-16-8-4-6-10-18(16)23/h3-14H,2H2,1H3. The molecule has 0 aliphatic carbocycles. The minimum Gasteiger partial charge on any atom is -0.317 e. The first-order valence-corrected chi connectivity index (χ1v) is 9.89. The molecule has 0 unspecified atom stereocenters. The van der Waals surface area contributed by atoms with Gasteiger partial charge >= 0.3 is 0 Å². The summed E-state index contributed by atoms with van der Waals surface area (Å²) in [5.41, 5.74) is 1.90. The van der Waals surface area contributed by atoms with E-state index in [-0.39, 0.29) is 5.91 Å². The molecular formula is C22H17ClN2OS. The molecule has 4 rings (SSSR count). The number of carbonyl (C=O) groups excluding carboxylic acids is 1. The van der Waals surface area contributed by atoms with Crippen molar-refractivity contribution < 1.29 is 4.79 Å². The topological polar surface area (TPSA) is 34.4 Å². The molecule has 27 heavy (non-hydrogen) atoms. The van der Waals surface area contributed by atoms with E-state index in [0.717, 1.165) is 22.3 Å². The highest BCUT2D eigenvalue weighted by Gasteiger charge is 2.09. The Kier molecular flexibility index (Phi) is 4.92. The summed E-state index contributed by atoms with van der Waals surface area (Å²) in [4.78, 5) is 17.4. The van der Waals surface area contributed by atoms with Gasteiger partial charge in [0.2, 0.25) is 0 Å². The Labute approximate surface area is 165 Å². The Morgan fingerprint density at radius 2 is 1.89 bits per heavy atom. The second kappa shape index (κ2) is 7.51. The van der Waals surface area contributed by atoms with Crippen LogP contribution in [0.3, 0.4) is 0 Å². The van der Waals surface area contributed by atoms with Gasteiger partial charge in [-0.05, 0) is 36.1 Å². The van der Waals surface area contributed by atoms with Crippen molar-refractivity contribution in [3.05, 3.63) is 82.1 Å². The molecule has 0 fully saturated rings. The molecule has 0 N–H and O–H groups in total. The van der Waals surface area contributed by atoms with Crippen molar-refractivity contribution in [2.24, 2.45) is 4.99 Å². The fourth-order valence-electron chi connectivity index (χ4n) is 3.09. The largest absolute Gasteiger partial charge is 0.317 e. The van der Waals surface area contributed by atoms with Gasteiger partial charge in [0, 0.05) is 23.0 Å². The van der Waals surface area contributed by atoms with Gasteiger partial charge in [-0.1, -0.05) is 71.5 Å². The van der Waals surface area contributed by atoms with Gasteiger partial charge < -0.3 is 4.57 Å². The number of halogens is 1. The predicted molar refractivity (Wildman–Crippen MR) is 114 cm³/mol. The SMILES string of the molecule is CCn1c(=NC(=O)C=Cc2ccccc2Cl)sc2c3ccccc3ccc21. The zero-order chi connectivity index (χ0) is 18.8. The average molecular weight is 393 g/mol. The maximum Gasteiger partial charge on any atom is 0.272 e. The van der Waals surface area contributed by atoms with Crippen LogP contribution in [0.1, 0.15) is 12.5 Å². The maximum absolute atomic E-state index is 12.4. The van der Waals surface area contributed by atoms with Gasteiger partial charge in [0.15, 0.2) is 4.80 Å². The molecule has 3 aromatic carbocycles. The van der Waals surface area contributed by atoms with Crippen LogP contribution in [-0.4, -0.2) is 10.5 Å². The molecule has 0 radical (unpaired) electrons. The normalized spacial score (nSPS) is 12.4. The van der Waals surface area contributed by atoms with Gasteiger partial charge in [-0.15, -0.1) is 0 Å². The van der Waals surface area contributed by atoms with Crippen LogP contribution in [0.15, 0.2) is 71.7 Å². The first-order chi connectivity index (χ1) is 13.2. The summed E-state index contributed by atoms with van der Waals surface area (Å²) in [6.45, 7) is 2.81. The van der Waals surface area contributed by atoms with E-state index in [1.54, 1.807) is 23.5 Å². The predicted octanol–water partition coefficient (Wildman–Crippen LogP) is 5.67. The van der Waals surface area contributed by atoms with E-state index < -0.39 is 0 Å². The number of amides is 1. The Bertz CT molecular complexity index is 1250. The molecule has 0 bridgehead atoms. The first-order valence-electron chi connectivity index (χ1n) is 8.70. The molecule has 0 atom stereocenters. The van der Waals surface area contributed by atoms with Crippen LogP contribution < -0.4 is 4.80 Å². The molecule has 0 spiro atoms. The van der Waals surface area contributed by atoms with E-state index in [9.17, 15) is 4.79 Å². The average Bonchev–Trinajstić information content (AvgIpc) is 3.04. The third kappa shape index (κ3) is 3.46. The fourth-order valence-corrected chi connectivity index (χ4v) is 4.53. The Morgan fingerprint density at radius 3 is 2.70 bits per heavy atom. The number of aromatic nitrogens is 1. The van der Waals surface area contributed by atoms with Crippen molar-refractivity contribution in [1.82, 2.24) is 4.57 Å². The fraction of sp³-hybridized carbons (Fsp3) is 0.0909. The highest BCUT2D eigenvalue weighted by Crippen LogP contribution is 2.27. The van der Waals surface area contributed by atoms with Crippen LogP contribution in [-0.2, 0) is 11.3 Å². The molecule has 0 aliphatic heterocycles. The number of thiazole rings is 1. The lowest BCUT2D eigenvalue weighted by Crippen LogP contribution is -2.15. The molecule has 0 aliphatic rings. The molecule has 4 aromatic rings. The molecule has 134 valence electrons. The summed E-state index contributed by atoms with van der Waals surface area (Å²) in [7, 11) is 0. The van der Waals surface area contributed by atoms with Crippen LogP contribution in [0.25, 0.3) is 27.1 Å². The molecule has 0 saturated carbocycles. The smallest absolute Gasteiger partial charge is 0.272 e. The summed E-state index contributed by atoms with van der Waals surface area (Å²) < 4.78 is 3.23. The second-order valence-corrected chi connectivity index (χ2v) is 7.45. The molecular weight excluding hydrogens is 376 g/mol. The van der Waals surface area contributed by atoms with Crippen molar-refractivity contribution in [2.75, 3.05) is 0 Å². The second-order valence-electron chi connectivity index (χ2n) is 6.07. The lowest BCUT2D eigenvalue weighted by Gasteiger charge is -2.02. The third-order valence-electron chi connectivity index (χ3n) is 4.41. The number of hydrogen-bond acceptors (Lipinski definition) is 2. The number of aryl methyl sites for hydroxylation is 1. The first kappa shape index (κ1) is 17.7. The van der Waals surface area contributed by atoms with Crippen LogP contribution in [0.2, 0.25) is 5.02 Å². The number of carbonyl (C=O) groups is 1. The van der Waals surface area contributed by atoms with E-state index in [4.69, 9.17) is 11.6 Å². The van der Waals surface area contributed by atoms with Crippen LogP contribution in [0.4, 0.5) is 0 Å². The maximum atomic E-state index is 12.4. The van der Waals surface area contributed by atoms with E-state index in [1.165, 1.54) is 16.8 Å². The third-order valence-corrected chi connectivity index (χ3v) is 5.88. The number of nitrogens with zero attached hydrogens (tertiary/aromatic N) is 2. The zero-order valence-electron chi connectivity index (χ0n) is 14.7. The molecule has 3 nitrogen and oxygen atoms in total. The quantitative estimate of drug-likeness (QED) is 0.413. The number of hydrogen-bond donors (Lipinski definition) is 0. The van der Waals surface area contributed by atoms with E-state index in [0.29, 0.717) is 9.82 Å². The minimum atomic E-state index is -0.298. The van der Waals surface area contributed by atoms with Crippen LogP contribution in [0, 0.1) is 0 Å². The molecule has 1 amide bonds. The highest BCUT2D eigenvalue weighted by molar-refractivity contribution is 7.17. The van der Waals surface area contributed by atoms with Gasteiger partial charge in [-0.2, -0.15) is 4.99 Å². The lowest BCUT2D eigenvalue weighted by atomic mass is 10.1. The molecule has 1 heterocycles. The monoisotopic (exact) mass is 392 g/mol. The lowest BCUT2D eigenvalue weighted by molar-refractivity contribution is -0.113. The Morgan fingerprint density at radius 1 is 1.11 bits per heavy atom. The number of fused-ring (bicyclic) bond motifs is 3. The van der Waals surface area contributed by atoms with Crippen molar-refractivity contribution >= 4 is 55.9 Å². The summed E-state index contributed by atoms with van der Waals surface area (Å²) in [6.07, 6.45) is 3.16. The molecule has 5 heteroatoms. The van der Waals surface area contributed by atoms with Gasteiger partial charge in [-0.25, -0.2) is 0 Å². The van der Waals surface area contributed by atoms with Crippen LogP contribution in [0.5, 0.6) is 0 Å². The number of rotatable bonds is 3. The summed E-state index contributed by atoms with van der Waals surface area (Å²) in [5.74, 6) is -0.298. The van der Waals surface area contributed by atoms with Crippen LogP contribution >= 0.6 is 22.9 Å². The molecule has 0 saturated heterocycles. The Hall–Kier alpha value is -2.69. The summed E-state index contributed by atoms with van der Waals surface area (Å²) >= 11 is 7.68.